The Hall–Kier alpha value is -1.24. The van der Waals surface area contributed by atoms with Gasteiger partial charge in [-0.3, -0.25) is 0 Å². The van der Waals surface area contributed by atoms with Crippen LogP contribution in [0.3, 0.4) is 0 Å². The number of hydrogen-bond donors (Lipinski definition) is 3. The maximum Gasteiger partial charge on any atom is 0.238 e. The van der Waals surface area contributed by atoms with Gasteiger partial charge in [-0.05, 0) is 38.5 Å². The number of aryl methyl sites for hydroxylation is 2. The molecule has 1 heterocycles. The number of aliphatic imine (C=N–C) groups is 1. The van der Waals surface area contributed by atoms with Crippen LogP contribution in [0.25, 0.3) is 0 Å². The molecular weight excluding hydrogens is 485 g/mol. The lowest BCUT2D eigenvalue weighted by atomic mass is 10.2. The van der Waals surface area contributed by atoms with E-state index < -0.39 is 10.0 Å². The monoisotopic (exact) mass is 509 g/mol. The Balaban J connectivity index is 0.00000338. The molecule has 10 heteroatoms. The molecule has 7 nitrogen and oxygen atoms in total. The molecule has 0 saturated heterocycles. The third-order valence-corrected chi connectivity index (χ3v) is 5.43. The van der Waals surface area contributed by atoms with Crippen LogP contribution in [-0.2, 0) is 23.1 Å². The predicted octanol–water partition coefficient (Wildman–Crippen LogP) is 2.28. The minimum atomic E-state index is -3.67. The summed E-state index contributed by atoms with van der Waals surface area (Å²) in [5.41, 5.74) is 1.93. The summed E-state index contributed by atoms with van der Waals surface area (Å²) in [6.07, 6.45) is 0. The number of nitrogens with one attached hydrogen (secondary N) is 2. The lowest BCUT2D eigenvalue weighted by molar-refractivity contribution is 0.598. The van der Waals surface area contributed by atoms with Crippen LogP contribution in [0.4, 0.5) is 0 Å². The number of sulfonamides is 1. The normalized spacial score (nSPS) is 11.8. The molecule has 4 N–H and O–H groups in total. The highest BCUT2D eigenvalue weighted by Gasteiger charge is 2.07. The first-order valence-electron chi connectivity index (χ1n) is 7.86. The van der Waals surface area contributed by atoms with E-state index in [9.17, 15) is 8.42 Å². The summed E-state index contributed by atoms with van der Waals surface area (Å²) in [6.45, 7) is 7.83. The van der Waals surface area contributed by atoms with E-state index in [-0.39, 0.29) is 28.9 Å². The Kier molecular flexibility index (Phi) is 8.93. The molecule has 26 heavy (non-hydrogen) atoms. The zero-order chi connectivity index (χ0) is 18.4. The number of thiazole rings is 1. The smallest absolute Gasteiger partial charge is 0.238 e. The van der Waals surface area contributed by atoms with Crippen molar-refractivity contribution in [1.29, 1.82) is 0 Å². The highest BCUT2D eigenvalue weighted by Crippen LogP contribution is 2.16. The molecule has 0 aliphatic rings. The molecule has 0 fully saturated rings. The van der Waals surface area contributed by atoms with Gasteiger partial charge in [0, 0.05) is 11.4 Å². The van der Waals surface area contributed by atoms with Gasteiger partial charge in [-0.1, -0.05) is 12.1 Å². The zero-order valence-corrected chi connectivity index (χ0v) is 18.9. The second-order valence-electron chi connectivity index (χ2n) is 5.48. The van der Waals surface area contributed by atoms with Crippen LogP contribution in [-0.4, -0.2) is 25.9 Å². The number of rotatable bonds is 6. The lowest BCUT2D eigenvalue weighted by Gasteiger charge is -2.11. The summed E-state index contributed by atoms with van der Waals surface area (Å²) in [4.78, 5) is 10.2. The van der Waals surface area contributed by atoms with E-state index in [1.165, 1.54) is 17.0 Å². The van der Waals surface area contributed by atoms with Gasteiger partial charge in [0.1, 0.15) is 0 Å². The van der Waals surface area contributed by atoms with Crippen molar-refractivity contribution in [3.05, 3.63) is 45.4 Å². The van der Waals surface area contributed by atoms with Gasteiger partial charge in [-0.25, -0.2) is 23.5 Å². The van der Waals surface area contributed by atoms with Gasteiger partial charge in [-0.15, -0.1) is 35.3 Å². The molecule has 1 aromatic heterocycles. The van der Waals surface area contributed by atoms with Crippen molar-refractivity contribution in [2.24, 2.45) is 10.1 Å². The number of aromatic nitrogens is 1. The number of benzene rings is 1. The molecule has 0 bridgehead atoms. The third kappa shape index (κ3) is 6.82. The maximum atomic E-state index is 11.3. The first-order valence-corrected chi connectivity index (χ1v) is 10.2. The molecular formula is C16H24IN5O2S2. The summed E-state index contributed by atoms with van der Waals surface area (Å²) in [7, 11) is -3.67. The summed E-state index contributed by atoms with van der Waals surface area (Å²) in [6, 6.07) is 6.40. The van der Waals surface area contributed by atoms with Crippen molar-refractivity contribution < 1.29 is 8.42 Å². The van der Waals surface area contributed by atoms with Crippen molar-refractivity contribution >= 4 is 51.3 Å². The van der Waals surface area contributed by atoms with Crippen LogP contribution in [0.1, 0.15) is 28.1 Å². The summed E-state index contributed by atoms with van der Waals surface area (Å²) in [5, 5.41) is 12.6. The minimum Gasteiger partial charge on any atom is -0.357 e. The topological polar surface area (TPSA) is 109 Å². The SMILES string of the molecule is CCNC(=NCc1ccc(S(N)(=O)=O)cc1)NCc1sc(C)nc1C.I. The zero-order valence-electron chi connectivity index (χ0n) is 14.9. The molecule has 0 saturated carbocycles. The standard InChI is InChI=1S/C16H23N5O2S2.HI/c1-4-18-16(20-10-15-11(2)21-12(3)24-15)19-9-13-5-7-14(8-6-13)25(17,22)23;/h5-8H,4,9-10H2,1-3H3,(H2,17,22,23)(H2,18,19,20);1H. The molecule has 0 aliphatic heterocycles. The fourth-order valence-electron chi connectivity index (χ4n) is 2.20. The lowest BCUT2D eigenvalue weighted by Crippen LogP contribution is -2.36. The summed E-state index contributed by atoms with van der Waals surface area (Å²) < 4.78 is 22.5. The van der Waals surface area contributed by atoms with Gasteiger partial charge in [-0.2, -0.15) is 0 Å². The average molecular weight is 509 g/mol. The Bertz CT molecular complexity index is 848. The van der Waals surface area contributed by atoms with Crippen LogP contribution < -0.4 is 15.8 Å². The van der Waals surface area contributed by atoms with Gasteiger partial charge in [0.05, 0.1) is 28.7 Å². The Morgan fingerprint density at radius 2 is 1.88 bits per heavy atom. The second-order valence-corrected chi connectivity index (χ2v) is 8.33. The van der Waals surface area contributed by atoms with Crippen LogP contribution >= 0.6 is 35.3 Å². The first kappa shape index (κ1) is 22.8. The van der Waals surface area contributed by atoms with Crippen LogP contribution in [0.2, 0.25) is 0 Å². The van der Waals surface area contributed by atoms with Crippen molar-refractivity contribution in [1.82, 2.24) is 15.6 Å². The van der Waals surface area contributed by atoms with Gasteiger partial charge in [0.25, 0.3) is 0 Å². The molecule has 2 aromatic rings. The van der Waals surface area contributed by atoms with Crippen LogP contribution in [0, 0.1) is 13.8 Å². The molecule has 0 spiro atoms. The quantitative estimate of drug-likeness (QED) is 0.315. The highest BCUT2D eigenvalue weighted by atomic mass is 127. The van der Waals surface area contributed by atoms with Gasteiger partial charge in [0.2, 0.25) is 10.0 Å². The van der Waals surface area contributed by atoms with E-state index >= 15 is 0 Å². The predicted molar refractivity (Wildman–Crippen MR) is 116 cm³/mol. The van der Waals surface area contributed by atoms with Gasteiger partial charge >= 0.3 is 0 Å². The largest absolute Gasteiger partial charge is 0.357 e. The number of nitrogens with two attached hydrogens (primary N) is 1. The summed E-state index contributed by atoms with van der Waals surface area (Å²) >= 11 is 1.67. The number of halogens is 1. The van der Waals surface area contributed by atoms with E-state index in [0.717, 1.165) is 22.8 Å². The number of primary sulfonamides is 1. The van der Waals surface area contributed by atoms with E-state index in [2.05, 4.69) is 20.6 Å². The van der Waals surface area contributed by atoms with E-state index in [4.69, 9.17) is 5.14 Å². The Labute approximate surface area is 175 Å². The first-order chi connectivity index (χ1) is 11.8. The van der Waals surface area contributed by atoms with E-state index in [1.54, 1.807) is 23.5 Å². The number of hydrogen-bond acceptors (Lipinski definition) is 5. The molecule has 0 amide bonds. The average Bonchev–Trinajstić information content (AvgIpc) is 2.87. The van der Waals surface area contributed by atoms with Gasteiger partial charge in [0.15, 0.2) is 5.96 Å². The van der Waals surface area contributed by atoms with Crippen molar-refractivity contribution in [3.63, 3.8) is 0 Å². The molecule has 0 atom stereocenters. The van der Waals surface area contributed by atoms with Crippen LogP contribution in [0.15, 0.2) is 34.2 Å². The molecule has 2 rings (SSSR count). The Morgan fingerprint density at radius 3 is 2.38 bits per heavy atom. The Morgan fingerprint density at radius 1 is 1.23 bits per heavy atom. The van der Waals surface area contributed by atoms with Crippen molar-refractivity contribution in [3.8, 4) is 0 Å². The van der Waals surface area contributed by atoms with E-state index in [0.29, 0.717) is 19.0 Å². The van der Waals surface area contributed by atoms with E-state index in [1.807, 2.05) is 20.8 Å². The molecule has 144 valence electrons. The van der Waals surface area contributed by atoms with Crippen molar-refractivity contribution in [2.75, 3.05) is 6.54 Å². The second kappa shape index (κ2) is 10.2. The fourth-order valence-corrected chi connectivity index (χ4v) is 3.59. The van der Waals surface area contributed by atoms with Crippen molar-refractivity contribution in [2.45, 2.75) is 38.8 Å². The highest BCUT2D eigenvalue weighted by molar-refractivity contribution is 14.0. The number of guanidine groups is 1. The van der Waals surface area contributed by atoms with Gasteiger partial charge < -0.3 is 10.6 Å². The molecule has 0 aliphatic carbocycles. The maximum absolute atomic E-state index is 11.3. The fraction of sp³-hybridized carbons (Fsp3) is 0.375. The third-order valence-electron chi connectivity index (χ3n) is 3.43. The molecule has 0 radical (unpaired) electrons. The molecule has 0 unspecified atom stereocenters. The minimum absolute atomic E-state index is 0. The van der Waals surface area contributed by atoms with Crippen LogP contribution in [0.5, 0.6) is 0 Å². The summed E-state index contributed by atoms with van der Waals surface area (Å²) in [5.74, 6) is 0.698. The molecule has 1 aromatic carbocycles. The number of nitrogens with zero attached hydrogens (tertiary/aromatic N) is 2.